The number of esters is 1. The fourth-order valence-electron chi connectivity index (χ4n) is 2.32. The van der Waals surface area contributed by atoms with E-state index < -0.39 is 11.2 Å². The molecule has 3 rings (SSSR count). The molecule has 1 unspecified atom stereocenters. The van der Waals surface area contributed by atoms with Crippen molar-refractivity contribution in [2.24, 2.45) is 5.10 Å². The van der Waals surface area contributed by atoms with Gasteiger partial charge in [-0.05, 0) is 24.3 Å². The van der Waals surface area contributed by atoms with Gasteiger partial charge in [0.15, 0.2) is 0 Å². The van der Waals surface area contributed by atoms with Gasteiger partial charge in [-0.3, -0.25) is 14.4 Å². The first-order valence-corrected chi connectivity index (χ1v) is 9.00. The third-order valence-electron chi connectivity index (χ3n) is 3.56. The number of benzene rings is 1. The lowest BCUT2D eigenvalue weighted by Crippen LogP contribution is -2.33. The van der Waals surface area contributed by atoms with Crippen molar-refractivity contribution >= 4 is 41.4 Å². The number of ether oxygens (including phenoxy) is 1. The van der Waals surface area contributed by atoms with Crippen LogP contribution < -0.4 is 10.7 Å². The molecule has 1 aromatic carbocycles. The van der Waals surface area contributed by atoms with E-state index in [1.165, 1.54) is 24.9 Å². The predicted octanol–water partition coefficient (Wildman–Crippen LogP) is 2.30. The Morgan fingerprint density at radius 1 is 1.33 bits per heavy atom. The molecule has 2 amide bonds. The Bertz CT molecular complexity index is 893. The molecule has 8 nitrogen and oxygen atoms in total. The van der Waals surface area contributed by atoms with Crippen LogP contribution in [0.2, 0.25) is 0 Å². The normalized spacial score (nSPS) is 15.9. The van der Waals surface area contributed by atoms with Gasteiger partial charge in [-0.2, -0.15) is 5.10 Å². The molecule has 0 saturated carbocycles. The first kappa shape index (κ1) is 18.7. The van der Waals surface area contributed by atoms with Crippen molar-refractivity contribution in [3.8, 4) is 0 Å². The number of nitrogens with one attached hydrogen (secondary N) is 2. The maximum atomic E-state index is 12.1. The number of thioether (sulfide) groups is 1. The lowest BCUT2D eigenvalue weighted by atomic mass is 10.2. The maximum Gasteiger partial charge on any atom is 0.303 e. The predicted molar refractivity (Wildman–Crippen MR) is 99.2 cm³/mol. The molecule has 2 aromatic rings. The number of nitrogens with zero attached hydrogens (tertiary/aromatic N) is 1. The summed E-state index contributed by atoms with van der Waals surface area (Å²) in [5.41, 5.74) is 3.13. The van der Waals surface area contributed by atoms with Gasteiger partial charge in [0.2, 0.25) is 11.8 Å². The van der Waals surface area contributed by atoms with Crippen molar-refractivity contribution in [1.82, 2.24) is 5.43 Å². The number of furan rings is 1. The van der Waals surface area contributed by atoms with E-state index in [4.69, 9.17) is 9.15 Å². The van der Waals surface area contributed by atoms with Gasteiger partial charge in [-0.15, -0.1) is 11.8 Å². The topological polar surface area (TPSA) is 110 Å². The van der Waals surface area contributed by atoms with Crippen LogP contribution in [0.4, 0.5) is 5.69 Å². The Kier molecular flexibility index (Phi) is 5.92. The molecule has 1 aliphatic heterocycles. The molecule has 1 aliphatic rings. The minimum atomic E-state index is -0.519. The van der Waals surface area contributed by atoms with E-state index in [-0.39, 0.29) is 24.8 Å². The summed E-state index contributed by atoms with van der Waals surface area (Å²) in [5, 5.41) is 6.09. The average Bonchev–Trinajstić information content (AvgIpc) is 3.08. The average molecular weight is 387 g/mol. The van der Waals surface area contributed by atoms with Crippen LogP contribution in [-0.2, 0) is 25.7 Å². The first-order valence-electron chi connectivity index (χ1n) is 8.12. The minimum absolute atomic E-state index is 0.00195. The molecule has 0 saturated heterocycles. The lowest BCUT2D eigenvalue weighted by Gasteiger charge is -2.23. The lowest BCUT2D eigenvalue weighted by molar-refractivity contribution is -0.142. The van der Waals surface area contributed by atoms with E-state index in [0.29, 0.717) is 11.5 Å². The smallest absolute Gasteiger partial charge is 0.303 e. The van der Waals surface area contributed by atoms with Crippen LogP contribution >= 0.6 is 11.8 Å². The molecule has 2 heterocycles. The van der Waals surface area contributed by atoms with E-state index in [2.05, 4.69) is 15.8 Å². The van der Waals surface area contributed by atoms with Gasteiger partial charge in [0, 0.05) is 18.2 Å². The number of hydrogen-bond donors (Lipinski definition) is 2. The van der Waals surface area contributed by atoms with Crippen molar-refractivity contribution in [1.29, 1.82) is 0 Å². The van der Waals surface area contributed by atoms with Crippen LogP contribution in [0.3, 0.4) is 0 Å². The molecule has 0 radical (unpaired) electrons. The standard InChI is InChI=1S/C18H17N3O5S/c1-11(22)25-10-13-7-6-12(26-13)9-19-21-17(23)8-16-18(24)20-14-4-2-3-5-15(14)27-16/h2-7,9,16H,8,10H2,1H3,(H,20,24)(H,21,23). The number of hydrazone groups is 1. The second kappa shape index (κ2) is 8.54. The summed E-state index contributed by atoms with van der Waals surface area (Å²) in [5.74, 6) is -0.131. The minimum Gasteiger partial charge on any atom is -0.458 e. The number of rotatable bonds is 6. The van der Waals surface area contributed by atoms with E-state index >= 15 is 0 Å². The molecule has 2 N–H and O–H groups in total. The van der Waals surface area contributed by atoms with Crippen LogP contribution in [0.5, 0.6) is 0 Å². The van der Waals surface area contributed by atoms with E-state index in [1.807, 2.05) is 24.3 Å². The van der Waals surface area contributed by atoms with Gasteiger partial charge >= 0.3 is 5.97 Å². The van der Waals surface area contributed by atoms with Crippen LogP contribution in [0.1, 0.15) is 24.9 Å². The second-order valence-corrected chi connectivity index (χ2v) is 6.92. The third kappa shape index (κ3) is 5.20. The molecule has 0 spiro atoms. The van der Waals surface area contributed by atoms with Gasteiger partial charge in [-0.1, -0.05) is 12.1 Å². The molecular weight excluding hydrogens is 370 g/mol. The zero-order valence-corrected chi connectivity index (χ0v) is 15.2. The van der Waals surface area contributed by atoms with Gasteiger partial charge in [0.05, 0.1) is 17.2 Å². The summed E-state index contributed by atoms with van der Waals surface area (Å²) in [6.07, 6.45) is 1.33. The molecule has 0 aliphatic carbocycles. The summed E-state index contributed by atoms with van der Waals surface area (Å²) in [7, 11) is 0. The molecular formula is C18H17N3O5S. The number of fused-ring (bicyclic) bond motifs is 1. The summed E-state index contributed by atoms with van der Waals surface area (Å²) in [6.45, 7) is 1.34. The van der Waals surface area contributed by atoms with Gasteiger partial charge in [0.1, 0.15) is 18.1 Å². The van der Waals surface area contributed by atoms with Gasteiger partial charge < -0.3 is 14.5 Å². The molecule has 0 fully saturated rings. The third-order valence-corrected chi connectivity index (χ3v) is 4.83. The van der Waals surface area contributed by atoms with Crippen molar-refractivity contribution in [3.05, 3.63) is 47.9 Å². The number of para-hydroxylation sites is 1. The van der Waals surface area contributed by atoms with Crippen molar-refractivity contribution in [3.63, 3.8) is 0 Å². The van der Waals surface area contributed by atoms with Crippen LogP contribution in [0.25, 0.3) is 0 Å². The molecule has 140 valence electrons. The van der Waals surface area contributed by atoms with E-state index in [0.717, 1.165) is 10.6 Å². The fraction of sp³-hybridized carbons (Fsp3) is 0.222. The Balaban J connectivity index is 1.49. The van der Waals surface area contributed by atoms with E-state index in [9.17, 15) is 14.4 Å². The highest BCUT2D eigenvalue weighted by Crippen LogP contribution is 2.36. The zero-order chi connectivity index (χ0) is 19.2. The largest absolute Gasteiger partial charge is 0.458 e. The highest BCUT2D eigenvalue weighted by Gasteiger charge is 2.28. The van der Waals surface area contributed by atoms with Crippen LogP contribution in [0, 0.1) is 0 Å². The van der Waals surface area contributed by atoms with Crippen LogP contribution in [0.15, 0.2) is 50.8 Å². The van der Waals surface area contributed by atoms with Crippen LogP contribution in [-0.4, -0.2) is 29.2 Å². The molecule has 1 atom stereocenters. The summed E-state index contributed by atoms with van der Waals surface area (Å²) < 4.78 is 10.2. The number of carbonyl (C=O) groups excluding carboxylic acids is 3. The van der Waals surface area contributed by atoms with Gasteiger partial charge in [0.25, 0.3) is 0 Å². The highest BCUT2D eigenvalue weighted by atomic mass is 32.2. The number of anilines is 1. The Morgan fingerprint density at radius 2 is 2.15 bits per heavy atom. The Labute approximate surface area is 159 Å². The zero-order valence-electron chi connectivity index (χ0n) is 14.4. The number of amides is 2. The summed E-state index contributed by atoms with van der Waals surface area (Å²) in [4.78, 5) is 35.8. The number of carbonyl (C=O) groups is 3. The molecule has 9 heteroatoms. The Hall–Kier alpha value is -3.07. The quantitative estimate of drug-likeness (QED) is 0.447. The number of hydrogen-bond acceptors (Lipinski definition) is 7. The molecule has 0 bridgehead atoms. The fourth-order valence-corrected chi connectivity index (χ4v) is 3.43. The summed E-state index contributed by atoms with van der Waals surface area (Å²) >= 11 is 1.35. The van der Waals surface area contributed by atoms with Gasteiger partial charge in [-0.25, -0.2) is 5.43 Å². The van der Waals surface area contributed by atoms with E-state index in [1.54, 1.807) is 12.1 Å². The summed E-state index contributed by atoms with van der Waals surface area (Å²) in [6, 6.07) is 10.7. The first-order chi connectivity index (χ1) is 13.0. The SMILES string of the molecule is CC(=O)OCc1ccc(C=NNC(=O)CC2Sc3ccccc3NC2=O)o1. The molecule has 27 heavy (non-hydrogen) atoms. The monoisotopic (exact) mass is 387 g/mol. The maximum absolute atomic E-state index is 12.1. The van der Waals surface area contributed by atoms with Crippen molar-refractivity contribution < 1.29 is 23.5 Å². The highest BCUT2D eigenvalue weighted by molar-refractivity contribution is 8.01. The van der Waals surface area contributed by atoms with Crippen molar-refractivity contribution in [2.45, 2.75) is 30.1 Å². The second-order valence-electron chi connectivity index (χ2n) is 5.67. The Morgan fingerprint density at radius 3 is 2.96 bits per heavy atom. The van der Waals surface area contributed by atoms with Crippen molar-refractivity contribution in [2.75, 3.05) is 5.32 Å². The molecule has 1 aromatic heterocycles.